The van der Waals surface area contributed by atoms with E-state index in [0.717, 1.165) is 0 Å². The Hall–Kier alpha value is -1.56. The molecule has 0 bridgehead atoms. The van der Waals surface area contributed by atoms with E-state index >= 15 is 0 Å². The van der Waals surface area contributed by atoms with Crippen molar-refractivity contribution in [2.45, 2.75) is 52.4 Å². The summed E-state index contributed by atoms with van der Waals surface area (Å²) in [5.41, 5.74) is 5.68. The fraction of sp³-hybridized carbons (Fsp3) is 0.381. The summed E-state index contributed by atoms with van der Waals surface area (Å²) in [6.07, 6.45) is 2.27. The van der Waals surface area contributed by atoms with Gasteiger partial charge in [-0.3, -0.25) is 0 Å². The maximum atomic E-state index is 2.36. The van der Waals surface area contributed by atoms with Crippen LogP contribution in [-0.4, -0.2) is 0 Å². The van der Waals surface area contributed by atoms with Gasteiger partial charge in [-0.2, -0.15) is 0 Å². The van der Waals surface area contributed by atoms with Gasteiger partial charge in [0.1, 0.15) is 0 Å². The standard InChI is InChI=1S/C21H27/c1-20(2,3)18-13-17(12-16-10-8-7-9-11-16)14-19(15-18)21(4,5)6/h7-15H,1-6H3. The highest BCUT2D eigenvalue weighted by molar-refractivity contribution is 5.44. The highest BCUT2D eigenvalue weighted by Crippen LogP contribution is 2.31. The number of hydrogen-bond acceptors (Lipinski definition) is 0. The van der Waals surface area contributed by atoms with Gasteiger partial charge in [0.05, 0.1) is 0 Å². The Morgan fingerprint density at radius 2 is 1.10 bits per heavy atom. The van der Waals surface area contributed by atoms with Crippen molar-refractivity contribution in [1.82, 2.24) is 0 Å². The molecule has 0 saturated carbocycles. The second kappa shape index (κ2) is 5.67. The smallest absolute Gasteiger partial charge is 0.0199 e. The number of hydrogen-bond donors (Lipinski definition) is 0. The van der Waals surface area contributed by atoms with Crippen LogP contribution in [0.5, 0.6) is 0 Å². The van der Waals surface area contributed by atoms with Crippen molar-refractivity contribution in [2.75, 3.05) is 0 Å². The average molecular weight is 279 g/mol. The summed E-state index contributed by atoms with van der Waals surface area (Å²) in [5.74, 6) is 0. The Morgan fingerprint density at radius 1 is 0.619 bits per heavy atom. The first-order chi connectivity index (χ1) is 9.66. The third-order valence-electron chi connectivity index (χ3n) is 3.82. The molecule has 0 atom stereocenters. The molecular formula is C21H27. The lowest BCUT2D eigenvalue weighted by Gasteiger charge is -2.26. The predicted octanol–water partition coefficient (Wildman–Crippen LogP) is 5.88. The highest BCUT2D eigenvalue weighted by atomic mass is 14.2. The average Bonchev–Trinajstić information content (AvgIpc) is 2.37. The monoisotopic (exact) mass is 279 g/mol. The summed E-state index contributed by atoms with van der Waals surface area (Å²) in [4.78, 5) is 0. The van der Waals surface area contributed by atoms with Gasteiger partial charge >= 0.3 is 0 Å². The zero-order chi connectivity index (χ0) is 15.7. The Balaban J connectivity index is 2.45. The molecule has 0 aromatic heterocycles. The zero-order valence-electron chi connectivity index (χ0n) is 14.2. The third kappa shape index (κ3) is 4.20. The van der Waals surface area contributed by atoms with Gasteiger partial charge in [0.25, 0.3) is 0 Å². The first kappa shape index (κ1) is 15.8. The maximum Gasteiger partial charge on any atom is 0.0199 e. The van der Waals surface area contributed by atoms with Gasteiger partial charge < -0.3 is 0 Å². The van der Waals surface area contributed by atoms with Crippen molar-refractivity contribution in [3.05, 3.63) is 77.2 Å². The minimum atomic E-state index is 0.167. The minimum Gasteiger partial charge on any atom is -0.0622 e. The van der Waals surface area contributed by atoms with E-state index in [-0.39, 0.29) is 10.8 Å². The molecule has 0 heteroatoms. The highest BCUT2D eigenvalue weighted by Gasteiger charge is 2.20. The van der Waals surface area contributed by atoms with Crippen LogP contribution in [0.4, 0.5) is 0 Å². The Labute approximate surface area is 130 Å². The van der Waals surface area contributed by atoms with Gasteiger partial charge in [-0.1, -0.05) is 90.1 Å². The van der Waals surface area contributed by atoms with E-state index < -0.39 is 0 Å². The van der Waals surface area contributed by atoms with Crippen LogP contribution in [-0.2, 0) is 10.8 Å². The van der Waals surface area contributed by atoms with Gasteiger partial charge in [0.2, 0.25) is 0 Å². The molecule has 0 N–H and O–H groups in total. The van der Waals surface area contributed by atoms with Crippen molar-refractivity contribution in [2.24, 2.45) is 0 Å². The molecule has 2 aromatic carbocycles. The molecule has 111 valence electrons. The van der Waals surface area contributed by atoms with E-state index in [0.29, 0.717) is 0 Å². The van der Waals surface area contributed by atoms with E-state index in [1.165, 1.54) is 22.3 Å². The summed E-state index contributed by atoms with van der Waals surface area (Å²) in [5, 5.41) is 0. The molecule has 2 rings (SSSR count). The molecule has 0 spiro atoms. The van der Waals surface area contributed by atoms with Crippen molar-refractivity contribution >= 4 is 0 Å². The molecule has 0 aliphatic rings. The van der Waals surface area contributed by atoms with E-state index in [1.807, 2.05) is 0 Å². The topological polar surface area (TPSA) is 0 Å². The zero-order valence-corrected chi connectivity index (χ0v) is 14.2. The summed E-state index contributed by atoms with van der Waals surface area (Å²) < 4.78 is 0. The van der Waals surface area contributed by atoms with Crippen LogP contribution in [0.25, 0.3) is 0 Å². The molecule has 0 nitrogen and oxygen atoms in total. The minimum absolute atomic E-state index is 0.167. The molecule has 1 radical (unpaired) electrons. The third-order valence-corrected chi connectivity index (χ3v) is 3.82. The van der Waals surface area contributed by atoms with Gasteiger partial charge in [-0.15, -0.1) is 0 Å². The predicted molar refractivity (Wildman–Crippen MR) is 92.8 cm³/mol. The van der Waals surface area contributed by atoms with Crippen LogP contribution in [0, 0.1) is 6.42 Å². The molecule has 2 aromatic rings. The van der Waals surface area contributed by atoms with E-state index in [9.17, 15) is 0 Å². The van der Waals surface area contributed by atoms with Crippen molar-refractivity contribution in [3.8, 4) is 0 Å². The molecule has 0 unspecified atom stereocenters. The van der Waals surface area contributed by atoms with Crippen molar-refractivity contribution in [3.63, 3.8) is 0 Å². The van der Waals surface area contributed by atoms with Crippen molar-refractivity contribution < 1.29 is 0 Å². The van der Waals surface area contributed by atoms with E-state index in [2.05, 4.69) is 96.5 Å². The second-order valence-electron chi connectivity index (χ2n) is 7.90. The molecule has 0 aliphatic carbocycles. The van der Waals surface area contributed by atoms with E-state index in [1.54, 1.807) is 0 Å². The number of benzene rings is 2. The normalized spacial score (nSPS) is 12.5. The molecule has 0 amide bonds. The van der Waals surface area contributed by atoms with Crippen LogP contribution in [0.2, 0.25) is 0 Å². The van der Waals surface area contributed by atoms with Gasteiger partial charge in [0, 0.05) is 6.42 Å². The van der Waals surface area contributed by atoms with Crippen LogP contribution in [0.1, 0.15) is 63.8 Å². The molecule has 0 saturated heterocycles. The first-order valence-electron chi connectivity index (χ1n) is 7.72. The number of rotatable bonds is 2. The van der Waals surface area contributed by atoms with E-state index in [4.69, 9.17) is 0 Å². The van der Waals surface area contributed by atoms with Gasteiger partial charge in [-0.25, -0.2) is 0 Å². The lowest BCUT2D eigenvalue weighted by Crippen LogP contribution is -2.17. The lowest BCUT2D eigenvalue weighted by molar-refractivity contribution is 0.568. The van der Waals surface area contributed by atoms with Gasteiger partial charge in [-0.05, 0) is 33.1 Å². The molecule has 0 heterocycles. The Morgan fingerprint density at radius 3 is 1.52 bits per heavy atom. The van der Waals surface area contributed by atoms with Crippen molar-refractivity contribution in [1.29, 1.82) is 0 Å². The molecule has 0 aliphatic heterocycles. The SMILES string of the molecule is CC(C)(C)c1cc([CH]c2ccccc2)cc(C(C)(C)C)c1. The summed E-state index contributed by atoms with van der Waals surface area (Å²) in [6, 6.07) is 17.5. The molecular weight excluding hydrogens is 252 g/mol. The molecule has 21 heavy (non-hydrogen) atoms. The quantitative estimate of drug-likeness (QED) is 0.643. The van der Waals surface area contributed by atoms with Gasteiger partial charge in [0.15, 0.2) is 0 Å². The first-order valence-corrected chi connectivity index (χ1v) is 7.72. The summed E-state index contributed by atoms with van der Waals surface area (Å²) in [6.45, 7) is 13.7. The Kier molecular flexibility index (Phi) is 4.27. The van der Waals surface area contributed by atoms with Crippen LogP contribution < -0.4 is 0 Å². The largest absolute Gasteiger partial charge is 0.0622 e. The summed E-state index contributed by atoms with van der Waals surface area (Å²) >= 11 is 0. The van der Waals surface area contributed by atoms with Crippen LogP contribution >= 0.6 is 0 Å². The fourth-order valence-corrected chi connectivity index (χ4v) is 2.34. The second-order valence-corrected chi connectivity index (χ2v) is 7.90. The molecule has 0 fully saturated rings. The van der Waals surface area contributed by atoms with Crippen LogP contribution in [0.3, 0.4) is 0 Å². The maximum absolute atomic E-state index is 2.36. The summed E-state index contributed by atoms with van der Waals surface area (Å²) in [7, 11) is 0. The fourth-order valence-electron chi connectivity index (χ4n) is 2.34. The lowest BCUT2D eigenvalue weighted by atomic mass is 9.79. The van der Waals surface area contributed by atoms with Crippen LogP contribution in [0.15, 0.2) is 48.5 Å². The Bertz CT molecular complexity index is 560.